The smallest absolute Gasteiger partial charge is 0.136 e. The van der Waals surface area contributed by atoms with Gasteiger partial charge in [-0.3, -0.25) is 0 Å². The molecule has 0 saturated carbocycles. The van der Waals surface area contributed by atoms with Crippen LogP contribution in [0.5, 0.6) is 0 Å². The van der Waals surface area contributed by atoms with Crippen LogP contribution in [0.25, 0.3) is 5.65 Å². The molecular weight excluding hydrogens is 154 g/mol. The van der Waals surface area contributed by atoms with E-state index in [0.29, 0.717) is 6.54 Å². The van der Waals surface area contributed by atoms with Crippen LogP contribution in [0.1, 0.15) is 5.69 Å². The average molecular weight is 163 g/mol. The third kappa shape index (κ3) is 1.07. The number of nitrogens with one attached hydrogen (secondary N) is 1. The Morgan fingerprint density at radius 1 is 1.50 bits per heavy atom. The van der Waals surface area contributed by atoms with Gasteiger partial charge in [0.15, 0.2) is 0 Å². The summed E-state index contributed by atoms with van der Waals surface area (Å²) in [7, 11) is 0. The zero-order chi connectivity index (χ0) is 8.39. The zero-order valence-corrected chi connectivity index (χ0v) is 6.44. The molecule has 2 heterocycles. The monoisotopic (exact) mass is 163 g/mol. The van der Waals surface area contributed by atoms with Crippen LogP contribution in [0.4, 0.5) is 0 Å². The zero-order valence-electron chi connectivity index (χ0n) is 6.44. The van der Waals surface area contributed by atoms with E-state index in [0.717, 1.165) is 11.3 Å². The van der Waals surface area contributed by atoms with Gasteiger partial charge in [-0.25, -0.2) is 4.98 Å². The van der Waals surface area contributed by atoms with Crippen LogP contribution in [-0.2, 0) is 6.54 Å². The lowest BCUT2D eigenvalue weighted by molar-refractivity contribution is 0.159. The van der Waals surface area contributed by atoms with E-state index in [2.05, 4.69) is 10.5 Å². The number of hydroxylamine groups is 1. The van der Waals surface area contributed by atoms with E-state index >= 15 is 0 Å². The second kappa shape index (κ2) is 2.92. The third-order valence-electron chi connectivity index (χ3n) is 1.75. The minimum absolute atomic E-state index is 0.408. The first-order chi connectivity index (χ1) is 5.92. The highest BCUT2D eigenvalue weighted by atomic mass is 16.5. The molecule has 0 aliphatic rings. The predicted octanol–water partition coefficient (Wildman–Crippen LogP) is 0.813. The van der Waals surface area contributed by atoms with Gasteiger partial charge < -0.3 is 9.61 Å². The molecule has 2 aromatic rings. The Hall–Kier alpha value is -1.39. The van der Waals surface area contributed by atoms with E-state index in [1.54, 1.807) is 6.20 Å². The summed E-state index contributed by atoms with van der Waals surface area (Å²) in [5.41, 5.74) is 3.93. The lowest BCUT2D eigenvalue weighted by Gasteiger charge is -1.97. The van der Waals surface area contributed by atoms with Crippen molar-refractivity contribution in [3.05, 3.63) is 36.3 Å². The lowest BCUT2D eigenvalue weighted by atomic mass is 10.4. The molecule has 0 bridgehead atoms. The summed E-state index contributed by atoms with van der Waals surface area (Å²) in [6.45, 7) is 0.408. The fourth-order valence-electron chi connectivity index (χ4n) is 1.20. The number of hydrogen-bond donors (Lipinski definition) is 2. The van der Waals surface area contributed by atoms with Crippen LogP contribution < -0.4 is 5.48 Å². The molecule has 2 aromatic heterocycles. The number of imidazole rings is 1. The minimum Gasteiger partial charge on any atom is -0.316 e. The predicted molar refractivity (Wildman–Crippen MR) is 43.8 cm³/mol. The lowest BCUT2D eigenvalue weighted by Crippen LogP contribution is -2.07. The first-order valence-corrected chi connectivity index (χ1v) is 3.70. The topological polar surface area (TPSA) is 49.6 Å². The van der Waals surface area contributed by atoms with Gasteiger partial charge in [-0.15, -0.1) is 0 Å². The number of rotatable bonds is 2. The van der Waals surface area contributed by atoms with Crippen molar-refractivity contribution in [3.8, 4) is 0 Å². The third-order valence-corrected chi connectivity index (χ3v) is 1.75. The van der Waals surface area contributed by atoms with Gasteiger partial charge in [0, 0.05) is 6.20 Å². The summed E-state index contributed by atoms with van der Waals surface area (Å²) < 4.78 is 1.92. The van der Waals surface area contributed by atoms with Crippen molar-refractivity contribution in [1.82, 2.24) is 14.9 Å². The van der Waals surface area contributed by atoms with Crippen LogP contribution in [-0.4, -0.2) is 14.6 Å². The largest absolute Gasteiger partial charge is 0.316 e. The van der Waals surface area contributed by atoms with Gasteiger partial charge in [0.05, 0.1) is 18.4 Å². The highest BCUT2D eigenvalue weighted by Crippen LogP contribution is 2.04. The molecule has 0 saturated heterocycles. The molecular formula is C8H9N3O. The van der Waals surface area contributed by atoms with Crippen LogP contribution >= 0.6 is 0 Å². The van der Waals surface area contributed by atoms with Gasteiger partial charge in [0.25, 0.3) is 0 Å². The van der Waals surface area contributed by atoms with Crippen molar-refractivity contribution in [2.24, 2.45) is 0 Å². The first-order valence-electron chi connectivity index (χ1n) is 3.70. The van der Waals surface area contributed by atoms with E-state index < -0.39 is 0 Å². The second-order valence-electron chi connectivity index (χ2n) is 2.51. The summed E-state index contributed by atoms with van der Waals surface area (Å²) in [4.78, 5) is 4.15. The molecule has 0 aliphatic heterocycles. The molecule has 0 spiro atoms. The fourth-order valence-corrected chi connectivity index (χ4v) is 1.20. The van der Waals surface area contributed by atoms with E-state index in [1.165, 1.54) is 0 Å². The van der Waals surface area contributed by atoms with E-state index in [-0.39, 0.29) is 0 Å². The van der Waals surface area contributed by atoms with E-state index in [1.807, 2.05) is 28.8 Å². The Bertz CT molecular complexity index is 382. The van der Waals surface area contributed by atoms with Gasteiger partial charge in [-0.1, -0.05) is 6.07 Å². The standard InChI is InChI=1S/C8H9N3O/c12-10-6-7-5-9-8-3-1-2-4-11(7)8/h1-5,10,12H,6H2. The highest BCUT2D eigenvalue weighted by molar-refractivity contribution is 5.39. The van der Waals surface area contributed by atoms with Crippen molar-refractivity contribution in [2.45, 2.75) is 6.54 Å². The fraction of sp³-hybridized carbons (Fsp3) is 0.125. The van der Waals surface area contributed by atoms with Crippen LogP contribution in [0.3, 0.4) is 0 Å². The minimum atomic E-state index is 0.408. The SMILES string of the molecule is ONCc1cnc2ccccn12. The Labute approximate surface area is 69.4 Å². The van der Waals surface area contributed by atoms with E-state index in [4.69, 9.17) is 5.21 Å². The van der Waals surface area contributed by atoms with Crippen molar-refractivity contribution < 1.29 is 5.21 Å². The molecule has 62 valence electrons. The molecule has 0 fully saturated rings. The van der Waals surface area contributed by atoms with Crippen LogP contribution in [0, 0.1) is 0 Å². The Morgan fingerprint density at radius 3 is 3.25 bits per heavy atom. The van der Waals surface area contributed by atoms with Crippen molar-refractivity contribution >= 4 is 5.65 Å². The van der Waals surface area contributed by atoms with Gasteiger partial charge in [0.1, 0.15) is 5.65 Å². The molecule has 0 atom stereocenters. The number of fused-ring (bicyclic) bond motifs is 1. The Kier molecular flexibility index (Phi) is 1.77. The number of hydrogen-bond acceptors (Lipinski definition) is 3. The molecule has 4 nitrogen and oxygen atoms in total. The molecule has 4 heteroatoms. The molecule has 0 aliphatic carbocycles. The maximum atomic E-state index is 8.51. The average Bonchev–Trinajstić information content (AvgIpc) is 2.50. The molecule has 0 radical (unpaired) electrons. The van der Waals surface area contributed by atoms with Crippen molar-refractivity contribution in [1.29, 1.82) is 0 Å². The molecule has 0 aromatic carbocycles. The second-order valence-corrected chi connectivity index (χ2v) is 2.51. The summed E-state index contributed by atoms with van der Waals surface area (Å²) >= 11 is 0. The Balaban J connectivity index is 2.55. The van der Waals surface area contributed by atoms with E-state index in [9.17, 15) is 0 Å². The number of aromatic nitrogens is 2. The van der Waals surface area contributed by atoms with Gasteiger partial charge in [-0.2, -0.15) is 5.48 Å². The normalized spacial score (nSPS) is 10.8. The molecule has 12 heavy (non-hydrogen) atoms. The molecule has 0 amide bonds. The number of nitrogens with zero attached hydrogens (tertiary/aromatic N) is 2. The first kappa shape index (κ1) is 7.27. The van der Waals surface area contributed by atoms with Gasteiger partial charge >= 0.3 is 0 Å². The maximum absolute atomic E-state index is 8.51. The summed E-state index contributed by atoms with van der Waals surface area (Å²) in [5.74, 6) is 0. The van der Waals surface area contributed by atoms with Gasteiger partial charge in [0.2, 0.25) is 0 Å². The van der Waals surface area contributed by atoms with Crippen molar-refractivity contribution in [2.75, 3.05) is 0 Å². The van der Waals surface area contributed by atoms with Crippen LogP contribution in [0.2, 0.25) is 0 Å². The maximum Gasteiger partial charge on any atom is 0.136 e. The Morgan fingerprint density at radius 2 is 2.42 bits per heavy atom. The quantitative estimate of drug-likeness (QED) is 0.644. The summed E-state index contributed by atoms with van der Waals surface area (Å²) in [5, 5.41) is 8.51. The summed E-state index contributed by atoms with van der Waals surface area (Å²) in [6, 6.07) is 5.77. The van der Waals surface area contributed by atoms with Crippen LogP contribution in [0.15, 0.2) is 30.6 Å². The van der Waals surface area contributed by atoms with Crippen molar-refractivity contribution in [3.63, 3.8) is 0 Å². The number of pyridine rings is 1. The molecule has 2 N–H and O–H groups in total. The highest BCUT2D eigenvalue weighted by Gasteiger charge is 1.99. The van der Waals surface area contributed by atoms with Gasteiger partial charge in [-0.05, 0) is 12.1 Å². The molecule has 2 rings (SSSR count). The molecule has 0 unspecified atom stereocenters. The summed E-state index contributed by atoms with van der Waals surface area (Å²) in [6.07, 6.45) is 3.65.